The fraction of sp³-hybridized carbons (Fsp3) is 1.00. The number of hydrogen-bond donors (Lipinski definition) is 1. The topological polar surface area (TPSA) is 29.3 Å². The van der Waals surface area contributed by atoms with Crippen molar-refractivity contribution >= 4 is 0 Å². The van der Waals surface area contributed by atoms with E-state index in [0.717, 1.165) is 32.4 Å². The minimum absolute atomic E-state index is 0.00743. The number of likely N-dealkylation sites (tertiary alicyclic amines) is 1. The summed E-state index contributed by atoms with van der Waals surface area (Å²) in [5.74, 6) is -1.15. The van der Waals surface area contributed by atoms with Crippen LogP contribution >= 0.6 is 0 Å². The van der Waals surface area contributed by atoms with E-state index in [0.29, 0.717) is 6.42 Å². The highest BCUT2D eigenvalue weighted by atomic mass is 19.4. The molecule has 0 amide bonds. The monoisotopic (exact) mass is 264 g/mol. The molecule has 2 aliphatic rings. The first-order valence-corrected chi connectivity index (χ1v) is 6.86. The molecule has 0 spiro atoms. The predicted molar refractivity (Wildman–Crippen MR) is 65.2 cm³/mol. The summed E-state index contributed by atoms with van der Waals surface area (Å²) in [7, 11) is 0. The Balaban J connectivity index is 1.94. The zero-order valence-electron chi connectivity index (χ0n) is 11.0. The molecule has 1 aliphatic carbocycles. The normalized spacial score (nSPS) is 39.2. The molecule has 2 nitrogen and oxygen atoms in total. The van der Waals surface area contributed by atoms with E-state index in [1.807, 2.05) is 4.90 Å². The molecule has 3 atom stereocenters. The minimum Gasteiger partial charge on any atom is -0.327 e. The Hall–Kier alpha value is -0.290. The van der Waals surface area contributed by atoms with E-state index in [4.69, 9.17) is 5.73 Å². The summed E-state index contributed by atoms with van der Waals surface area (Å²) in [6, 6.07) is 0.142. The Labute approximate surface area is 107 Å². The average molecular weight is 264 g/mol. The van der Waals surface area contributed by atoms with Crippen LogP contribution in [0.2, 0.25) is 0 Å². The van der Waals surface area contributed by atoms with Crippen molar-refractivity contribution in [1.29, 1.82) is 0 Å². The molecule has 0 aromatic rings. The van der Waals surface area contributed by atoms with Gasteiger partial charge in [0.25, 0.3) is 0 Å². The molecule has 1 saturated carbocycles. The van der Waals surface area contributed by atoms with Crippen LogP contribution in [-0.2, 0) is 0 Å². The average Bonchev–Trinajstić information content (AvgIpc) is 2.58. The van der Waals surface area contributed by atoms with Gasteiger partial charge in [0.15, 0.2) is 0 Å². The van der Waals surface area contributed by atoms with Crippen molar-refractivity contribution in [3.63, 3.8) is 0 Å². The number of hydrogen-bond acceptors (Lipinski definition) is 2. The highest BCUT2D eigenvalue weighted by molar-refractivity contribution is 4.94. The third kappa shape index (κ3) is 2.99. The minimum atomic E-state index is -4.04. The van der Waals surface area contributed by atoms with Crippen LogP contribution < -0.4 is 5.73 Å². The van der Waals surface area contributed by atoms with Crippen LogP contribution in [0.4, 0.5) is 13.2 Å². The predicted octanol–water partition coefficient (Wildman–Crippen LogP) is 2.78. The second kappa shape index (κ2) is 5.00. The quantitative estimate of drug-likeness (QED) is 0.831. The molecule has 1 heterocycles. The summed E-state index contributed by atoms with van der Waals surface area (Å²) in [6.45, 7) is 3.79. The molecule has 2 rings (SSSR count). The van der Waals surface area contributed by atoms with Gasteiger partial charge in [0.2, 0.25) is 0 Å². The Morgan fingerprint density at radius 1 is 1.28 bits per heavy atom. The lowest BCUT2D eigenvalue weighted by Gasteiger charge is -2.40. The summed E-state index contributed by atoms with van der Waals surface area (Å²) < 4.78 is 38.2. The van der Waals surface area contributed by atoms with Gasteiger partial charge in [-0.05, 0) is 37.6 Å². The van der Waals surface area contributed by atoms with Gasteiger partial charge in [-0.2, -0.15) is 13.2 Å². The van der Waals surface area contributed by atoms with Crippen molar-refractivity contribution in [3.05, 3.63) is 0 Å². The largest absolute Gasteiger partial charge is 0.393 e. The van der Waals surface area contributed by atoms with Gasteiger partial charge in [-0.3, -0.25) is 0 Å². The molecule has 0 aromatic carbocycles. The van der Waals surface area contributed by atoms with Gasteiger partial charge < -0.3 is 10.6 Å². The van der Waals surface area contributed by atoms with Crippen LogP contribution in [0.3, 0.4) is 0 Å². The Bertz CT molecular complexity index is 292. The molecule has 18 heavy (non-hydrogen) atoms. The number of nitrogens with two attached hydrogens (primary N) is 1. The van der Waals surface area contributed by atoms with Crippen LogP contribution in [0.1, 0.15) is 39.0 Å². The highest BCUT2D eigenvalue weighted by Crippen LogP contribution is 2.39. The van der Waals surface area contributed by atoms with Crippen molar-refractivity contribution in [1.82, 2.24) is 4.90 Å². The van der Waals surface area contributed by atoms with Gasteiger partial charge in [-0.1, -0.05) is 13.3 Å². The van der Waals surface area contributed by atoms with E-state index < -0.39 is 12.1 Å². The molecule has 5 heteroatoms. The van der Waals surface area contributed by atoms with Crippen molar-refractivity contribution < 1.29 is 13.2 Å². The SMILES string of the molecule is CC1(CN2CCCC(C(F)(F)F)C2)CCCC1N. The third-order valence-corrected chi connectivity index (χ3v) is 4.71. The van der Waals surface area contributed by atoms with Crippen LogP contribution in [0.5, 0.6) is 0 Å². The van der Waals surface area contributed by atoms with Gasteiger partial charge in [0.05, 0.1) is 5.92 Å². The molecule has 0 radical (unpaired) electrons. The molecule has 1 aliphatic heterocycles. The van der Waals surface area contributed by atoms with E-state index in [9.17, 15) is 13.2 Å². The van der Waals surface area contributed by atoms with Gasteiger partial charge in [0, 0.05) is 19.1 Å². The van der Waals surface area contributed by atoms with Crippen LogP contribution in [0.15, 0.2) is 0 Å². The van der Waals surface area contributed by atoms with Crippen LogP contribution in [0.25, 0.3) is 0 Å². The second-order valence-corrected chi connectivity index (χ2v) is 6.27. The van der Waals surface area contributed by atoms with Gasteiger partial charge >= 0.3 is 6.18 Å². The third-order valence-electron chi connectivity index (χ3n) is 4.71. The van der Waals surface area contributed by atoms with E-state index in [2.05, 4.69) is 6.92 Å². The molecule has 3 unspecified atom stereocenters. The van der Waals surface area contributed by atoms with E-state index >= 15 is 0 Å². The van der Waals surface area contributed by atoms with Crippen molar-refractivity contribution in [3.8, 4) is 0 Å². The second-order valence-electron chi connectivity index (χ2n) is 6.27. The smallest absolute Gasteiger partial charge is 0.327 e. The van der Waals surface area contributed by atoms with Crippen molar-refractivity contribution in [2.75, 3.05) is 19.6 Å². The number of alkyl halides is 3. The first-order valence-electron chi connectivity index (χ1n) is 6.86. The highest BCUT2D eigenvalue weighted by Gasteiger charge is 2.44. The molecule has 0 bridgehead atoms. The van der Waals surface area contributed by atoms with E-state index in [-0.39, 0.29) is 24.4 Å². The van der Waals surface area contributed by atoms with Crippen molar-refractivity contribution in [2.24, 2.45) is 17.1 Å². The van der Waals surface area contributed by atoms with Gasteiger partial charge in [-0.25, -0.2) is 0 Å². The lowest BCUT2D eigenvalue weighted by molar-refractivity contribution is -0.187. The first-order chi connectivity index (χ1) is 8.31. The number of piperidine rings is 1. The molecule has 106 valence electrons. The number of nitrogens with zero attached hydrogens (tertiary/aromatic N) is 1. The molecule has 0 aromatic heterocycles. The zero-order valence-corrected chi connectivity index (χ0v) is 11.0. The lowest BCUT2D eigenvalue weighted by Crippen LogP contribution is -2.49. The van der Waals surface area contributed by atoms with Crippen molar-refractivity contribution in [2.45, 2.75) is 51.2 Å². The van der Waals surface area contributed by atoms with E-state index in [1.54, 1.807) is 0 Å². The fourth-order valence-electron chi connectivity index (χ4n) is 3.43. The zero-order chi connectivity index (χ0) is 13.4. The lowest BCUT2D eigenvalue weighted by atomic mass is 9.83. The van der Waals surface area contributed by atoms with Gasteiger partial charge in [-0.15, -0.1) is 0 Å². The summed E-state index contributed by atoms with van der Waals surface area (Å²) >= 11 is 0. The maximum Gasteiger partial charge on any atom is 0.393 e. The molecular formula is C13H23F3N2. The fourth-order valence-corrected chi connectivity index (χ4v) is 3.43. The summed E-state index contributed by atoms with van der Waals surface area (Å²) in [6.07, 6.45) is 0.0399. The molecule has 2 fully saturated rings. The molecule has 1 saturated heterocycles. The molecule has 2 N–H and O–H groups in total. The maximum atomic E-state index is 12.7. The summed E-state index contributed by atoms with van der Waals surface area (Å²) in [5.41, 5.74) is 6.11. The molecular weight excluding hydrogens is 241 g/mol. The van der Waals surface area contributed by atoms with Crippen LogP contribution in [0, 0.1) is 11.3 Å². The number of rotatable bonds is 2. The summed E-state index contributed by atoms with van der Waals surface area (Å²) in [4.78, 5) is 1.98. The number of halogens is 3. The Kier molecular flexibility index (Phi) is 3.93. The van der Waals surface area contributed by atoms with Crippen LogP contribution in [-0.4, -0.2) is 36.8 Å². The first kappa shape index (κ1) is 14.1. The Morgan fingerprint density at radius 3 is 2.56 bits per heavy atom. The maximum absolute atomic E-state index is 12.7. The summed E-state index contributed by atoms with van der Waals surface area (Å²) in [5, 5.41) is 0. The van der Waals surface area contributed by atoms with Gasteiger partial charge in [0.1, 0.15) is 0 Å². The standard InChI is InChI=1S/C13H23F3N2/c1-12(6-2-5-11(12)17)9-18-7-3-4-10(8-18)13(14,15)16/h10-11H,2-9,17H2,1H3. The van der Waals surface area contributed by atoms with E-state index in [1.165, 1.54) is 0 Å². The Morgan fingerprint density at radius 2 is 2.00 bits per heavy atom.